The highest BCUT2D eigenvalue weighted by atomic mass is 35.5. The van der Waals surface area contributed by atoms with Crippen LogP contribution in [0.1, 0.15) is 38.8 Å². The number of aliphatic hydroxyl groups excluding tert-OH is 2. The molecule has 0 bridgehead atoms. The number of methoxy groups -OCH3 is 1. The number of aliphatic hydroxyl groups is 2. The maximum atomic E-state index is 11.9. The van der Waals surface area contributed by atoms with E-state index in [-0.39, 0.29) is 17.9 Å². The molecule has 1 aliphatic carbocycles. The van der Waals surface area contributed by atoms with Crippen LogP contribution in [0.25, 0.3) is 11.0 Å². The SMILES string of the molecule is COC[C@](C)(OC[C@H]1O[C@@H](n2ncc3c(NC4CCCC4)nc(Cl)nc32)[C@H](O)[C@@H]1O)P(=O)(O)O. The molecule has 0 radical (unpaired) electrons. The van der Waals surface area contributed by atoms with Gasteiger partial charge in [0.15, 0.2) is 17.2 Å². The molecule has 3 heterocycles. The first-order valence-electron chi connectivity index (χ1n) is 10.9. The van der Waals surface area contributed by atoms with Crippen LogP contribution in [0.15, 0.2) is 6.20 Å². The highest BCUT2D eigenvalue weighted by molar-refractivity contribution is 7.53. The zero-order valence-electron chi connectivity index (χ0n) is 18.7. The number of ether oxygens (including phenoxy) is 3. The number of hydrogen-bond donors (Lipinski definition) is 5. The number of fused-ring (bicyclic) bond motifs is 1. The van der Waals surface area contributed by atoms with E-state index in [0.717, 1.165) is 25.7 Å². The third kappa shape index (κ3) is 4.95. The summed E-state index contributed by atoms with van der Waals surface area (Å²) in [6.45, 7) is 0.399. The van der Waals surface area contributed by atoms with Gasteiger partial charge in [0.05, 0.1) is 24.8 Å². The lowest BCUT2D eigenvalue weighted by atomic mass is 10.1. The molecule has 1 saturated carbocycles. The second-order valence-corrected chi connectivity index (χ2v) is 11.2. The minimum absolute atomic E-state index is 0.0142. The molecule has 15 heteroatoms. The Hall–Kier alpha value is -1.41. The van der Waals surface area contributed by atoms with Crippen LogP contribution in [-0.4, -0.2) is 89.8 Å². The van der Waals surface area contributed by atoms with Crippen molar-refractivity contribution in [3.8, 4) is 0 Å². The molecule has 0 unspecified atom stereocenters. The summed E-state index contributed by atoms with van der Waals surface area (Å²) >= 11 is 6.15. The van der Waals surface area contributed by atoms with Gasteiger partial charge in [0.1, 0.15) is 24.1 Å². The monoisotopic (exact) mass is 521 g/mol. The van der Waals surface area contributed by atoms with E-state index in [4.69, 9.17) is 25.8 Å². The Labute approximate surface area is 200 Å². The standard InChI is InChI=1S/C19H29ClN5O8P/c1-19(9-31-2,34(28,29)30)32-8-12-13(26)14(27)17(33-12)25-16-11(7-21-25)15(23-18(20)24-16)22-10-5-3-4-6-10/h7,10,12-14,17,26-27H,3-6,8-9H2,1-2H3,(H,22,23,24)(H2,28,29,30)/t12-,13-,14-,17-,19-/m1/s1. The number of rotatable bonds is 9. The summed E-state index contributed by atoms with van der Waals surface area (Å²) in [4.78, 5) is 27.8. The third-order valence-corrected chi connectivity index (χ3v) is 7.95. The lowest BCUT2D eigenvalue weighted by Crippen LogP contribution is -2.40. The highest BCUT2D eigenvalue weighted by Crippen LogP contribution is 2.51. The normalized spacial score (nSPS) is 28.0. The Morgan fingerprint density at radius 3 is 2.65 bits per heavy atom. The minimum Gasteiger partial charge on any atom is -0.387 e. The number of hydrogen-bond acceptors (Lipinski definition) is 10. The molecule has 34 heavy (non-hydrogen) atoms. The molecule has 5 N–H and O–H groups in total. The Morgan fingerprint density at radius 1 is 1.29 bits per heavy atom. The average molecular weight is 522 g/mol. The molecule has 2 aromatic heterocycles. The van der Waals surface area contributed by atoms with Gasteiger partial charge in [-0.3, -0.25) is 4.57 Å². The van der Waals surface area contributed by atoms with E-state index in [1.807, 2.05) is 0 Å². The molecule has 0 amide bonds. The molecule has 5 atom stereocenters. The number of halogens is 1. The second-order valence-electron chi connectivity index (χ2n) is 8.80. The Kier molecular flexibility index (Phi) is 7.49. The van der Waals surface area contributed by atoms with E-state index in [9.17, 15) is 24.6 Å². The Bertz CT molecular complexity index is 1060. The molecular weight excluding hydrogens is 493 g/mol. The van der Waals surface area contributed by atoms with Crippen LogP contribution < -0.4 is 5.32 Å². The fraction of sp³-hybridized carbons (Fsp3) is 0.737. The summed E-state index contributed by atoms with van der Waals surface area (Å²) in [6.07, 6.45) is 0.755. The number of nitrogens with zero attached hydrogens (tertiary/aromatic N) is 4. The zero-order valence-corrected chi connectivity index (χ0v) is 20.4. The van der Waals surface area contributed by atoms with Crippen LogP contribution in [0.5, 0.6) is 0 Å². The van der Waals surface area contributed by atoms with Gasteiger partial charge in [-0.25, -0.2) is 4.68 Å². The lowest BCUT2D eigenvalue weighted by molar-refractivity contribution is -0.107. The van der Waals surface area contributed by atoms with Crippen LogP contribution in [0.3, 0.4) is 0 Å². The van der Waals surface area contributed by atoms with Gasteiger partial charge in [-0.2, -0.15) is 15.1 Å². The summed E-state index contributed by atoms with van der Waals surface area (Å²) < 4.78 is 29.3. The molecule has 4 rings (SSSR count). The smallest absolute Gasteiger partial charge is 0.359 e. The zero-order chi connectivity index (χ0) is 24.7. The highest BCUT2D eigenvalue weighted by Gasteiger charge is 2.49. The lowest BCUT2D eigenvalue weighted by Gasteiger charge is -2.31. The molecular formula is C19H29ClN5O8P. The van der Waals surface area contributed by atoms with Gasteiger partial charge in [-0.05, 0) is 31.4 Å². The van der Waals surface area contributed by atoms with E-state index >= 15 is 0 Å². The van der Waals surface area contributed by atoms with Crippen molar-refractivity contribution >= 4 is 36.0 Å². The molecule has 2 aliphatic rings. The van der Waals surface area contributed by atoms with E-state index < -0.39 is 44.1 Å². The summed E-state index contributed by atoms with van der Waals surface area (Å²) in [5.41, 5.74) is 0.303. The molecule has 190 valence electrons. The van der Waals surface area contributed by atoms with Crippen LogP contribution in [-0.2, 0) is 18.8 Å². The predicted octanol–water partition coefficient (Wildman–Crippen LogP) is 1.01. The first kappa shape index (κ1) is 25.7. The Balaban J connectivity index is 1.55. The Morgan fingerprint density at radius 2 is 2.00 bits per heavy atom. The summed E-state index contributed by atoms with van der Waals surface area (Å²) in [6, 6.07) is 0.268. The largest absolute Gasteiger partial charge is 0.387 e. The van der Waals surface area contributed by atoms with Crippen molar-refractivity contribution in [2.75, 3.05) is 25.6 Å². The van der Waals surface area contributed by atoms with E-state index in [2.05, 4.69) is 20.4 Å². The van der Waals surface area contributed by atoms with Gasteiger partial charge >= 0.3 is 7.60 Å². The van der Waals surface area contributed by atoms with Crippen LogP contribution >= 0.6 is 19.2 Å². The van der Waals surface area contributed by atoms with Crippen LogP contribution in [0, 0.1) is 0 Å². The van der Waals surface area contributed by atoms with Gasteiger partial charge in [0.2, 0.25) is 5.28 Å². The number of nitrogens with one attached hydrogen (secondary N) is 1. The summed E-state index contributed by atoms with van der Waals surface area (Å²) in [7, 11) is -3.44. The number of aromatic nitrogens is 4. The van der Waals surface area contributed by atoms with Crippen molar-refractivity contribution in [2.45, 2.75) is 68.5 Å². The molecule has 2 aromatic rings. The van der Waals surface area contributed by atoms with Crippen molar-refractivity contribution in [1.29, 1.82) is 0 Å². The molecule has 1 saturated heterocycles. The van der Waals surface area contributed by atoms with Gasteiger partial charge in [-0.1, -0.05) is 12.8 Å². The van der Waals surface area contributed by atoms with Crippen molar-refractivity contribution < 1.29 is 38.8 Å². The fourth-order valence-corrected chi connectivity index (χ4v) is 4.97. The number of anilines is 1. The van der Waals surface area contributed by atoms with Gasteiger partial charge < -0.3 is 39.5 Å². The van der Waals surface area contributed by atoms with E-state index in [0.29, 0.717) is 16.9 Å². The summed E-state index contributed by atoms with van der Waals surface area (Å²) in [5.74, 6) is 0.526. The second kappa shape index (κ2) is 9.92. The van der Waals surface area contributed by atoms with Gasteiger partial charge in [-0.15, -0.1) is 0 Å². The van der Waals surface area contributed by atoms with Gasteiger partial charge in [0.25, 0.3) is 0 Å². The van der Waals surface area contributed by atoms with Crippen molar-refractivity contribution in [1.82, 2.24) is 19.7 Å². The molecule has 2 fully saturated rings. The topological polar surface area (TPSA) is 181 Å². The quantitative estimate of drug-likeness (QED) is 0.233. The summed E-state index contributed by atoms with van der Waals surface area (Å²) in [5, 5.41) is 27.5. The van der Waals surface area contributed by atoms with Gasteiger partial charge in [0, 0.05) is 13.2 Å². The average Bonchev–Trinajstić information content (AvgIpc) is 3.48. The minimum atomic E-state index is -4.72. The first-order chi connectivity index (χ1) is 16.0. The molecule has 0 aromatic carbocycles. The van der Waals surface area contributed by atoms with Crippen LogP contribution in [0.2, 0.25) is 5.28 Å². The molecule has 13 nitrogen and oxygen atoms in total. The van der Waals surface area contributed by atoms with E-state index in [1.165, 1.54) is 24.9 Å². The van der Waals surface area contributed by atoms with Crippen molar-refractivity contribution in [3.05, 3.63) is 11.5 Å². The maximum absolute atomic E-state index is 11.9. The van der Waals surface area contributed by atoms with E-state index in [1.54, 1.807) is 0 Å². The third-order valence-electron chi connectivity index (χ3n) is 6.29. The maximum Gasteiger partial charge on any atom is 0.359 e. The first-order valence-corrected chi connectivity index (χ1v) is 12.9. The fourth-order valence-electron chi connectivity index (χ4n) is 4.27. The van der Waals surface area contributed by atoms with Crippen LogP contribution in [0.4, 0.5) is 5.82 Å². The predicted molar refractivity (Wildman–Crippen MR) is 120 cm³/mol. The molecule has 1 aliphatic heterocycles. The van der Waals surface area contributed by atoms with Crippen molar-refractivity contribution in [2.24, 2.45) is 0 Å². The molecule has 0 spiro atoms. The van der Waals surface area contributed by atoms with Crippen molar-refractivity contribution in [3.63, 3.8) is 0 Å².